The van der Waals surface area contributed by atoms with Crippen LogP contribution in [0.3, 0.4) is 0 Å². The highest BCUT2D eigenvalue weighted by molar-refractivity contribution is 5.02. The molecule has 0 radical (unpaired) electrons. The van der Waals surface area contributed by atoms with E-state index in [9.17, 15) is 0 Å². The molecular weight excluding hydrogens is 122 g/mol. The fourth-order valence-electron chi connectivity index (χ4n) is 3.08. The minimum atomic E-state index is 0.659. The summed E-state index contributed by atoms with van der Waals surface area (Å²) in [5.74, 6) is 0. The van der Waals surface area contributed by atoms with Crippen LogP contribution in [0.25, 0.3) is 0 Å². The second-order valence-electron chi connectivity index (χ2n) is 4.94. The first-order valence-corrected chi connectivity index (χ1v) is 4.33. The average molecular weight is 139 g/mol. The van der Waals surface area contributed by atoms with Gasteiger partial charge >= 0.3 is 0 Å². The number of hydrogen-bond donors (Lipinski definition) is 1. The van der Waals surface area contributed by atoms with E-state index in [0.717, 1.165) is 5.41 Å². The van der Waals surface area contributed by atoms with Gasteiger partial charge in [-0.2, -0.15) is 0 Å². The van der Waals surface area contributed by atoms with Crippen LogP contribution in [0.2, 0.25) is 0 Å². The third-order valence-electron chi connectivity index (χ3n) is 3.04. The van der Waals surface area contributed by atoms with Crippen LogP contribution in [0.15, 0.2) is 0 Å². The number of hydrogen-bond acceptors (Lipinski definition) is 1. The lowest BCUT2D eigenvalue weighted by Gasteiger charge is -2.51. The average Bonchev–Trinajstić information content (AvgIpc) is 2.10. The Kier molecular flexibility index (Phi) is 1.17. The molecule has 10 heavy (non-hydrogen) atoms. The van der Waals surface area contributed by atoms with Gasteiger partial charge in [-0.05, 0) is 36.6 Å². The number of rotatable bonds is 0. The molecule has 1 nitrogen and oxygen atoms in total. The van der Waals surface area contributed by atoms with Crippen LogP contribution in [0, 0.1) is 10.8 Å². The molecule has 1 aliphatic heterocycles. The molecule has 0 aromatic rings. The Labute approximate surface area is 63.2 Å². The molecule has 0 amide bonds. The minimum Gasteiger partial charge on any atom is -0.316 e. The quantitative estimate of drug-likeness (QED) is 0.539. The van der Waals surface area contributed by atoms with Crippen molar-refractivity contribution in [3.8, 4) is 0 Å². The van der Waals surface area contributed by atoms with Crippen LogP contribution >= 0.6 is 0 Å². The lowest BCUT2D eigenvalue weighted by Crippen LogP contribution is -2.44. The Hall–Kier alpha value is -0.0400. The molecule has 0 atom stereocenters. The summed E-state index contributed by atoms with van der Waals surface area (Å²) in [5.41, 5.74) is 1.40. The van der Waals surface area contributed by atoms with E-state index in [-0.39, 0.29) is 0 Å². The summed E-state index contributed by atoms with van der Waals surface area (Å²) in [6.45, 7) is 7.32. The molecule has 0 bridgehead atoms. The fraction of sp³-hybridized carbons (Fsp3) is 1.00. The van der Waals surface area contributed by atoms with Gasteiger partial charge in [-0.15, -0.1) is 0 Å². The van der Waals surface area contributed by atoms with Gasteiger partial charge in [0, 0.05) is 6.54 Å². The Morgan fingerprint density at radius 3 is 2.30 bits per heavy atom. The third-order valence-corrected chi connectivity index (χ3v) is 3.04. The molecule has 58 valence electrons. The molecule has 1 N–H and O–H groups in total. The van der Waals surface area contributed by atoms with Gasteiger partial charge < -0.3 is 5.32 Å². The second kappa shape index (κ2) is 1.76. The van der Waals surface area contributed by atoms with Crippen LogP contribution in [0.5, 0.6) is 0 Å². The van der Waals surface area contributed by atoms with E-state index < -0.39 is 0 Å². The van der Waals surface area contributed by atoms with Gasteiger partial charge in [-0.25, -0.2) is 0 Å². The molecule has 1 heteroatoms. The standard InChI is InChI=1S/C9H17N/c1-8(2)5-9(6-8)3-4-10-7-9/h10H,3-7H2,1-2H3. The molecule has 1 saturated carbocycles. The van der Waals surface area contributed by atoms with Gasteiger partial charge in [0.2, 0.25) is 0 Å². The molecular formula is C9H17N. The van der Waals surface area contributed by atoms with Gasteiger partial charge in [-0.1, -0.05) is 13.8 Å². The van der Waals surface area contributed by atoms with Gasteiger partial charge in [-0.3, -0.25) is 0 Å². The van der Waals surface area contributed by atoms with Crippen molar-refractivity contribution in [2.75, 3.05) is 13.1 Å². The van der Waals surface area contributed by atoms with E-state index in [0.29, 0.717) is 5.41 Å². The molecule has 1 spiro atoms. The Morgan fingerprint density at radius 2 is 1.90 bits per heavy atom. The molecule has 1 aliphatic carbocycles. The number of nitrogens with one attached hydrogen (secondary N) is 1. The maximum Gasteiger partial charge on any atom is 0.000869 e. The van der Waals surface area contributed by atoms with Crippen LogP contribution in [-0.2, 0) is 0 Å². The van der Waals surface area contributed by atoms with Crippen molar-refractivity contribution in [1.82, 2.24) is 5.32 Å². The lowest BCUT2D eigenvalue weighted by atomic mass is 9.54. The van der Waals surface area contributed by atoms with Crippen molar-refractivity contribution >= 4 is 0 Å². The van der Waals surface area contributed by atoms with Crippen molar-refractivity contribution in [2.45, 2.75) is 33.1 Å². The lowest BCUT2D eigenvalue weighted by molar-refractivity contribution is 0.00475. The summed E-state index contributed by atoms with van der Waals surface area (Å²) in [4.78, 5) is 0. The van der Waals surface area contributed by atoms with Gasteiger partial charge in [0.25, 0.3) is 0 Å². The van der Waals surface area contributed by atoms with Crippen LogP contribution in [-0.4, -0.2) is 13.1 Å². The SMILES string of the molecule is CC1(C)CC2(CCNC2)C1. The second-order valence-corrected chi connectivity index (χ2v) is 4.94. The Morgan fingerprint density at radius 1 is 1.20 bits per heavy atom. The molecule has 1 heterocycles. The van der Waals surface area contributed by atoms with E-state index in [1.165, 1.54) is 32.4 Å². The summed E-state index contributed by atoms with van der Waals surface area (Å²) in [6.07, 6.45) is 4.33. The first-order valence-electron chi connectivity index (χ1n) is 4.33. The predicted molar refractivity (Wildman–Crippen MR) is 42.9 cm³/mol. The van der Waals surface area contributed by atoms with Crippen molar-refractivity contribution < 1.29 is 0 Å². The smallest absolute Gasteiger partial charge is 0.000869 e. The molecule has 2 fully saturated rings. The van der Waals surface area contributed by atoms with E-state index in [1.54, 1.807) is 0 Å². The third kappa shape index (κ3) is 0.878. The normalized spacial score (nSPS) is 34.2. The first kappa shape index (κ1) is 6.66. The maximum absolute atomic E-state index is 3.45. The first-order chi connectivity index (χ1) is 4.62. The van der Waals surface area contributed by atoms with Crippen molar-refractivity contribution in [1.29, 1.82) is 0 Å². The van der Waals surface area contributed by atoms with Gasteiger partial charge in [0.05, 0.1) is 0 Å². The zero-order valence-corrected chi connectivity index (χ0v) is 7.04. The summed E-state index contributed by atoms with van der Waals surface area (Å²) < 4.78 is 0. The maximum atomic E-state index is 3.45. The molecule has 2 aliphatic rings. The van der Waals surface area contributed by atoms with Crippen molar-refractivity contribution in [3.05, 3.63) is 0 Å². The topological polar surface area (TPSA) is 12.0 Å². The van der Waals surface area contributed by atoms with Gasteiger partial charge in [0.1, 0.15) is 0 Å². The van der Waals surface area contributed by atoms with Crippen LogP contribution < -0.4 is 5.32 Å². The van der Waals surface area contributed by atoms with E-state index in [1.807, 2.05) is 0 Å². The predicted octanol–water partition coefficient (Wildman–Crippen LogP) is 1.79. The minimum absolute atomic E-state index is 0.659. The highest BCUT2D eigenvalue weighted by Gasteiger charge is 2.49. The molecule has 2 rings (SSSR count). The fourth-order valence-corrected chi connectivity index (χ4v) is 3.08. The molecule has 1 saturated heterocycles. The summed E-state index contributed by atoms with van der Waals surface area (Å²) in [7, 11) is 0. The zero-order valence-electron chi connectivity index (χ0n) is 7.04. The van der Waals surface area contributed by atoms with Crippen molar-refractivity contribution in [3.63, 3.8) is 0 Å². The van der Waals surface area contributed by atoms with Crippen LogP contribution in [0.1, 0.15) is 33.1 Å². The summed E-state index contributed by atoms with van der Waals surface area (Å²) in [5, 5.41) is 3.45. The summed E-state index contributed by atoms with van der Waals surface area (Å²) in [6, 6.07) is 0. The molecule has 0 unspecified atom stereocenters. The Balaban J connectivity index is 1.98. The zero-order chi connectivity index (χ0) is 7.24. The monoisotopic (exact) mass is 139 g/mol. The highest BCUT2D eigenvalue weighted by atomic mass is 14.9. The van der Waals surface area contributed by atoms with Gasteiger partial charge in [0.15, 0.2) is 0 Å². The van der Waals surface area contributed by atoms with E-state index in [2.05, 4.69) is 19.2 Å². The van der Waals surface area contributed by atoms with Crippen LogP contribution in [0.4, 0.5) is 0 Å². The van der Waals surface area contributed by atoms with E-state index >= 15 is 0 Å². The molecule has 0 aromatic heterocycles. The Bertz CT molecular complexity index is 133. The largest absolute Gasteiger partial charge is 0.316 e. The van der Waals surface area contributed by atoms with Crippen molar-refractivity contribution in [2.24, 2.45) is 10.8 Å². The highest BCUT2D eigenvalue weighted by Crippen LogP contribution is 2.56. The molecule has 0 aromatic carbocycles. The summed E-state index contributed by atoms with van der Waals surface area (Å²) >= 11 is 0. The van der Waals surface area contributed by atoms with E-state index in [4.69, 9.17) is 0 Å².